The van der Waals surface area contributed by atoms with Crippen LogP contribution >= 0.6 is 15.9 Å². The second kappa shape index (κ2) is 5.13. The van der Waals surface area contributed by atoms with E-state index in [0.717, 1.165) is 20.9 Å². The van der Waals surface area contributed by atoms with Gasteiger partial charge in [-0.1, -0.05) is 46.3 Å². The smallest absolute Gasteiger partial charge is 0.337 e. The number of aromatic nitrogens is 1. The molecule has 1 heterocycles. The molecule has 20 heavy (non-hydrogen) atoms. The molecule has 4 heteroatoms. The Morgan fingerprint density at radius 1 is 1.15 bits per heavy atom. The lowest BCUT2D eigenvalue weighted by Gasteiger charge is -2.05. The molecule has 1 aromatic heterocycles. The first-order chi connectivity index (χ1) is 9.65. The van der Waals surface area contributed by atoms with Gasteiger partial charge in [-0.15, -0.1) is 0 Å². The number of hydrogen-bond acceptors (Lipinski definition) is 1. The Labute approximate surface area is 124 Å². The first-order valence-electron chi connectivity index (χ1n) is 6.21. The predicted molar refractivity (Wildman–Crippen MR) is 82.1 cm³/mol. The molecule has 2 aromatic carbocycles. The number of benzene rings is 2. The van der Waals surface area contributed by atoms with Crippen molar-refractivity contribution in [2.75, 3.05) is 0 Å². The van der Waals surface area contributed by atoms with Gasteiger partial charge in [0.2, 0.25) is 0 Å². The third-order valence-corrected chi connectivity index (χ3v) is 3.76. The van der Waals surface area contributed by atoms with Gasteiger partial charge in [-0.05, 0) is 23.8 Å². The zero-order valence-electron chi connectivity index (χ0n) is 10.6. The summed E-state index contributed by atoms with van der Waals surface area (Å²) in [4.78, 5) is 11.4. The third kappa shape index (κ3) is 2.34. The Bertz CT molecular complexity index is 778. The van der Waals surface area contributed by atoms with Gasteiger partial charge in [0.1, 0.15) is 0 Å². The summed E-state index contributed by atoms with van der Waals surface area (Å²) in [6.07, 6.45) is 1.70. The normalized spacial score (nSPS) is 10.8. The van der Waals surface area contributed by atoms with Crippen LogP contribution in [0, 0.1) is 0 Å². The van der Waals surface area contributed by atoms with Crippen LogP contribution in [-0.2, 0) is 6.54 Å². The molecule has 0 saturated heterocycles. The lowest BCUT2D eigenvalue weighted by molar-refractivity contribution is 0.0699. The molecular formula is C16H12BrNO2. The molecule has 3 aromatic rings. The van der Waals surface area contributed by atoms with Gasteiger partial charge < -0.3 is 9.67 Å². The van der Waals surface area contributed by atoms with Crippen molar-refractivity contribution in [1.82, 2.24) is 4.57 Å². The molecule has 0 aliphatic heterocycles. The van der Waals surface area contributed by atoms with Crippen molar-refractivity contribution >= 4 is 32.8 Å². The van der Waals surface area contributed by atoms with E-state index in [1.807, 2.05) is 53.1 Å². The van der Waals surface area contributed by atoms with Crippen LogP contribution in [-0.4, -0.2) is 15.6 Å². The molecular weight excluding hydrogens is 318 g/mol. The highest BCUT2D eigenvalue weighted by Gasteiger charge is 2.14. The van der Waals surface area contributed by atoms with E-state index >= 15 is 0 Å². The minimum Gasteiger partial charge on any atom is -0.478 e. The molecule has 0 unspecified atom stereocenters. The number of aromatic carboxylic acids is 1. The third-order valence-electron chi connectivity index (χ3n) is 3.27. The zero-order chi connectivity index (χ0) is 14.1. The number of carbonyl (C=O) groups is 1. The van der Waals surface area contributed by atoms with E-state index in [1.165, 1.54) is 0 Å². The fraction of sp³-hybridized carbons (Fsp3) is 0.0625. The largest absolute Gasteiger partial charge is 0.478 e. The lowest BCUT2D eigenvalue weighted by atomic mass is 10.2. The monoisotopic (exact) mass is 329 g/mol. The molecule has 100 valence electrons. The minimum atomic E-state index is -0.903. The highest BCUT2D eigenvalue weighted by molar-refractivity contribution is 9.10. The summed E-state index contributed by atoms with van der Waals surface area (Å²) >= 11 is 3.39. The molecule has 3 rings (SSSR count). The Kier molecular flexibility index (Phi) is 3.32. The molecule has 0 bridgehead atoms. The van der Waals surface area contributed by atoms with Crippen LogP contribution in [0.5, 0.6) is 0 Å². The molecule has 0 radical (unpaired) electrons. The summed E-state index contributed by atoms with van der Waals surface area (Å²) in [6.45, 7) is 0.659. The highest BCUT2D eigenvalue weighted by atomic mass is 79.9. The van der Waals surface area contributed by atoms with Crippen LogP contribution in [0.25, 0.3) is 10.9 Å². The van der Waals surface area contributed by atoms with E-state index in [2.05, 4.69) is 15.9 Å². The summed E-state index contributed by atoms with van der Waals surface area (Å²) in [6, 6.07) is 15.7. The number of nitrogens with zero attached hydrogens (tertiary/aromatic N) is 1. The summed E-state index contributed by atoms with van der Waals surface area (Å²) in [5.74, 6) is -0.903. The van der Waals surface area contributed by atoms with Crippen molar-refractivity contribution in [1.29, 1.82) is 0 Å². The molecule has 0 amide bonds. The standard InChI is InChI=1S/C16H12BrNO2/c17-12-6-7-15-13(8-12)14(16(19)20)10-18(15)9-11-4-2-1-3-5-11/h1-8,10H,9H2,(H,19,20). The molecule has 0 atom stereocenters. The summed E-state index contributed by atoms with van der Waals surface area (Å²) in [5.41, 5.74) is 2.40. The fourth-order valence-electron chi connectivity index (χ4n) is 2.35. The van der Waals surface area contributed by atoms with Gasteiger partial charge in [0, 0.05) is 28.1 Å². The molecule has 0 saturated carbocycles. The van der Waals surface area contributed by atoms with Crippen LogP contribution in [0.4, 0.5) is 0 Å². The van der Waals surface area contributed by atoms with Crippen LogP contribution in [0.1, 0.15) is 15.9 Å². The SMILES string of the molecule is O=C(O)c1cn(Cc2ccccc2)c2ccc(Br)cc12. The maximum atomic E-state index is 11.4. The Hall–Kier alpha value is -2.07. The number of rotatable bonds is 3. The zero-order valence-corrected chi connectivity index (χ0v) is 12.2. The molecule has 0 aliphatic rings. The fourth-order valence-corrected chi connectivity index (χ4v) is 2.71. The van der Waals surface area contributed by atoms with E-state index in [0.29, 0.717) is 12.1 Å². The van der Waals surface area contributed by atoms with E-state index in [-0.39, 0.29) is 0 Å². The second-order valence-electron chi connectivity index (χ2n) is 4.62. The topological polar surface area (TPSA) is 42.2 Å². The van der Waals surface area contributed by atoms with Gasteiger partial charge in [0.15, 0.2) is 0 Å². The van der Waals surface area contributed by atoms with Gasteiger partial charge in [0.25, 0.3) is 0 Å². The van der Waals surface area contributed by atoms with E-state index in [4.69, 9.17) is 0 Å². The van der Waals surface area contributed by atoms with Gasteiger partial charge in [-0.25, -0.2) is 4.79 Å². The Morgan fingerprint density at radius 3 is 2.60 bits per heavy atom. The number of hydrogen-bond donors (Lipinski definition) is 1. The number of carboxylic acid groups (broad SMARTS) is 1. The van der Waals surface area contributed by atoms with Crippen LogP contribution in [0.2, 0.25) is 0 Å². The maximum absolute atomic E-state index is 11.4. The van der Waals surface area contributed by atoms with Gasteiger partial charge >= 0.3 is 5.97 Å². The highest BCUT2D eigenvalue weighted by Crippen LogP contribution is 2.26. The first kappa shape index (κ1) is 12.9. The van der Waals surface area contributed by atoms with Gasteiger partial charge in [-0.3, -0.25) is 0 Å². The number of fused-ring (bicyclic) bond motifs is 1. The Balaban J connectivity index is 2.14. The number of carboxylic acids is 1. The van der Waals surface area contributed by atoms with Crippen molar-refractivity contribution in [2.24, 2.45) is 0 Å². The Morgan fingerprint density at radius 2 is 1.90 bits per heavy atom. The van der Waals surface area contributed by atoms with Crippen molar-refractivity contribution in [3.05, 3.63) is 70.3 Å². The number of halogens is 1. The molecule has 1 N–H and O–H groups in total. The van der Waals surface area contributed by atoms with Crippen molar-refractivity contribution in [3.63, 3.8) is 0 Å². The van der Waals surface area contributed by atoms with Gasteiger partial charge in [-0.2, -0.15) is 0 Å². The average molecular weight is 330 g/mol. The molecule has 3 nitrogen and oxygen atoms in total. The summed E-state index contributed by atoms with van der Waals surface area (Å²) in [7, 11) is 0. The van der Waals surface area contributed by atoms with E-state index in [9.17, 15) is 9.90 Å². The quantitative estimate of drug-likeness (QED) is 0.784. The van der Waals surface area contributed by atoms with E-state index < -0.39 is 5.97 Å². The second-order valence-corrected chi connectivity index (χ2v) is 5.54. The maximum Gasteiger partial charge on any atom is 0.337 e. The lowest BCUT2D eigenvalue weighted by Crippen LogP contribution is -1.98. The molecule has 0 spiro atoms. The van der Waals surface area contributed by atoms with Crippen LogP contribution < -0.4 is 0 Å². The summed E-state index contributed by atoms with van der Waals surface area (Å²) < 4.78 is 2.85. The molecule has 0 aliphatic carbocycles. The average Bonchev–Trinajstić information content (AvgIpc) is 2.78. The summed E-state index contributed by atoms with van der Waals surface area (Å²) in [5, 5.41) is 10.1. The predicted octanol–water partition coefficient (Wildman–Crippen LogP) is 4.15. The van der Waals surface area contributed by atoms with Crippen molar-refractivity contribution in [3.8, 4) is 0 Å². The van der Waals surface area contributed by atoms with Crippen molar-refractivity contribution < 1.29 is 9.90 Å². The first-order valence-corrected chi connectivity index (χ1v) is 7.00. The van der Waals surface area contributed by atoms with Crippen molar-refractivity contribution in [2.45, 2.75) is 6.54 Å². The molecule has 0 fully saturated rings. The van der Waals surface area contributed by atoms with Crippen LogP contribution in [0.3, 0.4) is 0 Å². The van der Waals surface area contributed by atoms with E-state index in [1.54, 1.807) is 6.20 Å². The van der Waals surface area contributed by atoms with Gasteiger partial charge in [0.05, 0.1) is 5.56 Å². The van der Waals surface area contributed by atoms with Crippen LogP contribution in [0.15, 0.2) is 59.2 Å². The minimum absolute atomic E-state index is 0.331.